The van der Waals surface area contributed by atoms with Gasteiger partial charge in [-0.3, -0.25) is 14.5 Å². The number of carbonyl (C=O) groups excluding carboxylic acids is 2. The molecule has 1 atom stereocenters. The maximum atomic E-state index is 12.2. The summed E-state index contributed by atoms with van der Waals surface area (Å²) in [6.45, 7) is 8.31. The molecule has 0 spiro atoms. The minimum absolute atomic E-state index is 0.0906. The van der Waals surface area contributed by atoms with Crippen molar-refractivity contribution in [2.45, 2.75) is 32.4 Å². The number of piperazine rings is 1. The van der Waals surface area contributed by atoms with Crippen LogP contribution in [0.15, 0.2) is 30.9 Å². The highest BCUT2D eigenvalue weighted by Crippen LogP contribution is 2.23. The van der Waals surface area contributed by atoms with Crippen LogP contribution in [0, 0.1) is 0 Å². The molecule has 1 aromatic carbocycles. The van der Waals surface area contributed by atoms with Crippen LogP contribution in [-0.2, 0) is 22.6 Å². The van der Waals surface area contributed by atoms with Crippen LogP contribution in [0.2, 0.25) is 0 Å². The van der Waals surface area contributed by atoms with Crippen molar-refractivity contribution in [1.29, 1.82) is 0 Å². The largest absolute Gasteiger partial charge is 0.494 e. The molecule has 0 unspecified atom stereocenters. The molecule has 6 nitrogen and oxygen atoms in total. The predicted molar refractivity (Wildman–Crippen MR) is 97.4 cm³/mol. The number of nitrogens with zero attached hydrogens (tertiary/aromatic N) is 1. The zero-order valence-electron chi connectivity index (χ0n) is 15.0. The summed E-state index contributed by atoms with van der Waals surface area (Å²) < 4.78 is 5.66. The van der Waals surface area contributed by atoms with Crippen molar-refractivity contribution in [3.8, 4) is 5.75 Å². The molecule has 2 amide bonds. The van der Waals surface area contributed by atoms with Crippen LogP contribution in [0.25, 0.3) is 0 Å². The Morgan fingerprint density at radius 3 is 3.00 bits per heavy atom. The Bertz CT molecular complexity index is 630. The van der Waals surface area contributed by atoms with E-state index in [1.807, 2.05) is 25.1 Å². The standard InChI is InChI=1S/C19H27N3O3/c1-4-6-15-11-14(7-8-17(15)25-5-2)13-22-10-9-21-19(24)16(22)12-18(23)20-3/h4,7-8,11,16H,1,5-6,9-10,12-13H2,2-3H3,(H,20,23)(H,21,24)/t16-/m1/s1. The summed E-state index contributed by atoms with van der Waals surface area (Å²) >= 11 is 0. The van der Waals surface area contributed by atoms with Gasteiger partial charge in [0.1, 0.15) is 5.75 Å². The van der Waals surface area contributed by atoms with Gasteiger partial charge in [0, 0.05) is 26.7 Å². The third kappa shape index (κ3) is 5.06. The average Bonchev–Trinajstić information content (AvgIpc) is 2.60. The number of allylic oxidation sites excluding steroid dienone is 1. The Balaban J connectivity index is 2.17. The topological polar surface area (TPSA) is 70.7 Å². The van der Waals surface area contributed by atoms with Crippen LogP contribution in [0.3, 0.4) is 0 Å². The van der Waals surface area contributed by atoms with Crippen LogP contribution >= 0.6 is 0 Å². The second kappa shape index (κ2) is 9.22. The molecule has 1 saturated heterocycles. The summed E-state index contributed by atoms with van der Waals surface area (Å²) in [6.07, 6.45) is 2.74. The van der Waals surface area contributed by atoms with E-state index in [2.05, 4.69) is 28.2 Å². The second-order valence-corrected chi connectivity index (χ2v) is 6.02. The molecule has 0 radical (unpaired) electrons. The molecule has 1 fully saturated rings. The lowest BCUT2D eigenvalue weighted by molar-refractivity contribution is -0.134. The first-order valence-electron chi connectivity index (χ1n) is 8.66. The number of carbonyl (C=O) groups is 2. The van der Waals surface area contributed by atoms with E-state index in [1.54, 1.807) is 7.05 Å². The van der Waals surface area contributed by atoms with E-state index in [9.17, 15) is 9.59 Å². The van der Waals surface area contributed by atoms with Gasteiger partial charge in [-0.25, -0.2) is 0 Å². The van der Waals surface area contributed by atoms with Crippen molar-refractivity contribution in [3.05, 3.63) is 42.0 Å². The quantitative estimate of drug-likeness (QED) is 0.696. The summed E-state index contributed by atoms with van der Waals surface area (Å²) in [5, 5.41) is 5.43. The molecule has 1 aliphatic rings. The van der Waals surface area contributed by atoms with E-state index in [1.165, 1.54) is 0 Å². The highest BCUT2D eigenvalue weighted by molar-refractivity contribution is 5.88. The second-order valence-electron chi connectivity index (χ2n) is 6.02. The van der Waals surface area contributed by atoms with E-state index in [4.69, 9.17) is 4.74 Å². The van der Waals surface area contributed by atoms with Crippen molar-refractivity contribution in [3.63, 3.8) is 0 Å². The molecule has 136 valence electrons. The Morgan fingerprint density at radius 1 is 1.52 bits per heavy atom. The number of rotatable bonds is 8. The molecule has 0 aromatic heterocycles. The van der Waals surface area contributed by atoms with Crippen LogP contribution < -0.4 is 15.4 Å². The monoisotopic (exact) mass is 345 g/mol. The van der Waals surface area contributed by atoms with Gasteiger partial charge in [0.2, 0.25) is 11.8 Å². The highest BCUT2D eigenvalue weighted by atomic mass is 16.5. The molecule has 25 heavy (non-hydrogen) atoms. The van der Waals surface area contributed by atoms with Gasteiger partial charge in [0.25, 0.3) is 0 Å². The SMILES string of the molecule is C=CCc1cc(CN2CCNC(=O)[C@H]2CC(=O)NC)ccc1OCC. The number of nitrogens with one attached hydrogen (secondary N) is 2. The summed E-state index contributed by atoms with van der Waals surface area (Å²) in [4.78, 5) is 26.0. The number of hydrogen-bond acceptors (Lipinski definition) is 4. The number of ether oxygens (including phenoxy) is 1. The molecule has 6 heteroatoms. The zero-order valence-corrected chi connectivity index (χ0v) is 15.0. The van der Waals surface area contributed by atoms with Crippen LogP contribution in [-0.4, -0.2) is 49.5 Å². The minimum atomic E-state index is -0.442. The van der Waals surface area contributed by atoms with Crippen molar-refractivity contribution in [1.82, 2.24) is 15.5 Å². The predicted octanol–water partition coefficient (Wildman–Crippen LogP) is 1.25. The molecular formula is C19H27N3O3. The smallest absolute Gasteiger partial charge is 0.237 e. The molecule has 0 bridgehead atoms. The Kier molecular flexibility index (Phi) is 7.01. The first-order chi connectivity index (χ1) is 12.1. The van der Waals surface area contributed by atoms with Crippen LogP contribution in [0.1, 0.15) is 24.5 Å². The van der Waals surface area contributed by atoms with E-state index in [0.29, 0.717) is 19.7 Å². The van der Waals surface area contributed by atoms with E-state index in [0.717, 1.165) is 29.8 Å². The van der Waals surface area contributed by atoms with Gasteiger partial charge in [-0.2, -0.15) is 0 Å². The third-order valence-electron chi connectivity index (χ3n) is 4.27. The normalized spacial score (nSPS) is 17.7. The average molecular weight is 345 g/mol. The van der Waals surface area contributed by atoms with E-state index >= 15 is 0 Å². The molecule has 1 aromatic rings. The summed E-state index contributed by atoms with van der Waals surface area (Å²) in [5.74, 6) is 0.641. The van der Waals surface area contributed by atoms with Crippen molar-refractivity contribution in [2.24, 2.45) is 0 Å². The molecule has 1 aliphatic heterocycles. The van der Waals surface area contributed by atoms with Gasteiger partial charge in [-0.05, 0) is 30.5 Å². The Labute approximate surface area is 149 Å². The van der Waals surface area contributed by atoms with E-state index < -0.39 is 6.04 Å². The van der Waals surface area contributed by atoms with Gasteiger partial charge >= 0.3 is 0 Å². The zero-order chi connectivity index (χ0) is 18.2. The van der Waals surface area contributed by atoms with Crippen LogP contribution in [0.4, 0.5) is 0 Å². The van der Waals surface area contributed by atoms with Gasteiger partial charge in [0.15, 0.2) is 0 Å². The molecular weight excluding hydrogens is 318 g/mol. The van der Waals surface area contributed by atoms with Gasteiger partial charge in [0.05, 0.1) is 19.1 Å². The molecule has 2 N–H and O–H groups in total. The number of hydrogen-bond donors (Lipinski definition) is 2. The summed E-state index contributed by atoms with van der Waals surface area (Å²) in [6, 6.07) is 5.63. The maximum Gasteiger partial charge on any atom is 0.237 e. The van der Waals surface area contributed by atoms with Crippen molar-refractivity contribution < 1.29 is 14.3 Å². The third-order valence-corrected chi connectivity index (χ3v) is 4.27. The fourth-order valence-corrected chi connectivity index (χ4v) is 3.03. The molecule has 2 rings (SSSR count). The van der Waals surface area contributed by atoms with Gasteiger partial charge in [-0.1, -0.05) is 18.2 Å². The van der Waals surface area contributed by atoms with E-state index in [-0.39, 0.29) is 18.2 Å². The lowest BCUT2D eigenvalue weighted by Gasteiger charge is -2.34. The lowest BCUT2D eigenvalue weighted by Crippen LogP contribution is -2.55. The Morgan fingerprint density at radius 2 is 2.32 bits per heavy atom. The Hall–Kier alpha value is -2.34. The molecule has 0 aliphatic carbocycles. The van der Waals surface area contributed by atoms with Crippen LogP contribution in [0.5, 0.6) is 5.75 Å². The maximum absolute atomic E-state index is 12.2. The molecule has 1 heterocycles. The first-order valence-corrected chi connectivity index (χ1v) is 8.66. The van der Waals surface area contributed by atoms with Crippen molar-refractivity contribution >= 4 is 11.8 Å². The lowest BCUT2D eigenvalue weighted by atomic mass is 10.0. The minimum Gasteiger partial charge on any atom is -0.494 e. The van der Waals surface area contributed by atoms with Crippen molar-refractivity contribution in [2.75, 3.05) is 26.7 Å². The number of benzene rings is 1. The van der Waals surface area contributed by atoms with Gasteiger partial charge < -0.3 is 15.4 Å². The first kappa shape index (κ1) is 19.0. The number of amides is 2. The fraction of sp³-hybridized carbons (Fsp3) is 0.474. The van der Waals surface area contributed by atoms with Gasteiger partial charge in [-0.15, -0.1) is 6.58 Å². The fourth-order valence-electron chi connectivity index (χ4n) is 3.03. The summed E-state index contributed by atoms with van der Waals surface area (Å²) in [7, 11) is 1.58. The molecule has 0 saturated carbocycles. The summed E-state index contributed by atoms with van der Waals surface area (Å²) in [5.41, 5.74) is 2.18. The highest BCUT2D eigenvalue weighted by Gasteiger charge is 2.31.